The van der Waals surface area contributed by atoms with E-state index in [4.69, 9.17) is 0 Å². The van der Waals surface area contributed by atoms with Gasteiger partial charge in [-0.1, -0.05) is 6.07 Å². The standard InChI is InChI=1S/C8H9NO2S/c10-12(11)6-2-4-7-3-1-5-9-8(7)12/h1,3,5H,2,4,6H2. The molecule has 1 aliphatic heterocycles. The van der Waals surface area contributed by atoms with E-state index in [1.165, 1.54) is 6.20 Å². The molecule has 1 aromatic rings. The highest BCUT2D eigenvalue weighted by Gasteiger charge is 2.23. The van der Waals surface area contributed by atoms with Gasteiger partial charge in [-0.05, 0) is 24.5 Å². The van der Waals surface area contributed by atoms with Crippen LogP contribution >= 0.6 is 0 Å². The van der Waals surface area contributed by atoms with Crippen molar-refractivity contribution >= 4 is 9.84 Å². The van der Waals surface area contributed by atoms with Crippen LogP contribution in [0.1, 0.15) is 12.0 Å². The van der Waals surface area contributed by atoms with Crippen LogP contribution in [-0.4, -0.2) is 19.2 Å². The third-order valence-electron chi connectivity index (χ3n) is 2.00. The zero-order valence-corrected chi connectivity index (χ0v) is 7.34. The molecule has 1 aliphatic rings. The average Bonchev–Trinajstić information content (AvgIpc) is 2.04. The van der Waals surface area contributed by atoms with Gasteiger partial charge in [0.15, 0.2) is 14.9 Å². The van der Waals surface area contributed by atoms with Gasteiger partial charge in [-0.15, -0.1) is 0 Å². The van der Waals surface area contributed by atoms with E-state index in [0.29, 0.717) is 0 Å². The first kappa shape index (κ1) is 7.73. The summed E-state index contributed by atoms with van der Waals surface area (Å²) in [5.74, 6) is 0.247. The van der Waals surface area contributed by atoms with E-state index in [-0.39, 0.29) is 10.8 Å². The first-order chi connectivity index (χ1) is 5.70. The third-order valence-corrected chi connectivity index (χ3v) is 3.79. The lowest BCUT2D eigenvalue weighted by Gasteiger charge is -2.13. The van der Waals surface area contributed by atoms with E-state index in [1.807, 2.05) is 6.07 Å². The van der Waals surface area contributed by atoms with Gasteiger partial charge in [-0.3, -0.25) is 0 Å². The largest absolute Gasteiger partial charge is 0.244 e. The zero-order valence-electron chi connectivity index (χ0n) is 6.53. The highest BCUT2D eigenvalue weighted by molar-refractivity contribution is 7.91. The summed E-state index contributed by atoms with van der Waals surface area (Å²) in [6.45, 7) is 0. The highest BCUT2D eigenvalue weighted by atomic mass is 32.2. The summed E-state index contributed by atoms with van der Waals surface area (Å²) in [5, 5.41) is 0.288. The molecule has 1 aromatic heterocycles. The molecule has 0 radical (unpaired) electrons. The maximum Gasteiger partial charge on any atom is 0.195 e. The molecule has 2 heterocycles. The molecule has 0 fully saturated rings. The Kier molecular flexibility index (Phi) is 1.65. The van der Waals surface area contributed by atoms with E-state index < -0.39 is 9.84 Å². The first-order valence-electron chi connectivity index (χ1n) is 3.87. The van der Waals surface area contributed by atoms with Crippen molar-refractivity contribution < 1.29 is 8.42 Å². The zero-order chi connectivity index (χ0) is 8.60. The normalized spacial score (nSPS) is 20.0. The quantitative estimate of drug-likeness (QED) is 0.597. The molecule has 0 bridgehead atoms. The van der Waals surface area contributed by atoms with Crippen LogP contribution in [0.5, 0.6) is 0 Å². The van der Waals surface area contributed by atoms with Crippen molar-refractivity contribution in [1.29, 1.82) is 0 Å². The third kappa shape index (κ3) is 1.12. The Labute approximate surface area is 71.4 Å². The SMILES string of the molecule is O=S1(=O)CCCc2cccnc21. The molecule has 0 aromatic carbocycles. The maximum atomic E-state index is 11.4. The van der Waals surface area contributed by atoms with Crippen molar-refractivity contribution in [3.8, 4) is 0 Å². The van der Waals surface area contributed by atoms with Crippen LogP contribution in [0.3, 0.4) is 0 Å². The molecule has 0 saturated carbocycles. The second-order valence-electron chi connectivity index (χ2n) is 2.89. The van der Waals surface area contributed by atoms with Crippen LogP contribution < -0.4 is 0 Å². The number of fused-ring (bicyclic) bond motifs is 1. The Hall–Kier alpha value is -0.900. The van der Waals surface area contributed by atoms with Crippen molar-refractivity contribution in [1.82, 2.24) is 4.98 Å². The molecular weight excluding hydrogens is 174 g/mol. The number of rotatable bonds is 0. The summed E-state index contributed by atoms with van der Waals surface area (Å²) in [4.78, 5) is 3.88. The molecular formula is C8H9NO2S. The minimum atomic E-state index is -3.05. The van der Waals surface area contributed by atoms with Gasteiger partial charge in [0.1, 0.15) is 0 Å². The molecule has 0 aliphatic carbocycles. The van der Waals surface area contributed by atoms with Crippen molar-refractivity contribution in [3.63, 3.8) is 0 Å². The predicted octanol–water partition coefficient (Wildman–Crippen LogP) is 0.802. The first-order valence-corrected chi connectivity index (χ1v) is 5.52. The van der Waals surface area contributed by atoms with Crippen molar-refractivity contribution in [3.05, 3.63) is 23.9 Å². The number of hydrogen-bond acceptors (Lipinski definition) is 3. The second-order valence-corrected chi connectivity index (χ2v) is 4.91. The number of aromatic nitrogens is 1. The summed E-state index contributed by atoms with van der Waals surface area (Å²) in [5.41, 5.74) is 0.865. The molecule has 0 amide bonds. The number of aryl methyl sites for hydroxylation is 1. The van der Waals surface area contributed by atoms with Crippen LogP contribution in [0.2, 0.25) is 0 Å². The summed E-state index contributed by atoms with van der Waals surface area (Å²) in [6, 6.07) is 3.61. The van der Waals surface area contributed by atoms with Crippen molar-refractivity contribution in [2.24, 2.45) is 0 Å². The average molecular weight is 183 g/mol. The summed E-state index contributed by atoms with van der Waals surface area (Å²) in [7, 11) is -3.05. The fraction of sp³-hybridized carbons (Fsp3) is 0.375. The van der Waals surface area contributed by atoms with Crippen LogP contribution in [-0.2, 0) is 16.3 Å². The molecule has 0 unspecified atom stereocenters. The molecule has 0 saturated heterocycles. The molecule has 4 heteroatoms. The van der Waals surface area contributed by atoms with Gasteiger partial charge in [0.2, 0.25) is 0 Å². The lowest BCUT2D eigenvalue weighted by Crippen LogP contribution is -2.17. The van der Waals surface area contributed by atoms with E-state index in [9.17, 15) is 8.42 Å². The summed E-state index contributed by atoms with van der Waals surface area (Å²) < 4.78 is 22.8. The summed E-state index contributed by atoms with van der Waals surface area (Å²) in [6.07, 6.45) is 3.09. The van der Waals surface area contributed by atoms with Crippen LogP contribution in [0, 0.1) is 0 Å². The fourth-order valence-corrected chi connectivity index (χ4v) is 2.95. The van der Waals surface area contributed by atoms with E-state index in [2.05, 4.69) is 4.98 Å². The molecule has 0 N–H and O–H groups in total. The lowest BCUT2D eigenvalue weighted by molar-refractivity contribution is 0.581. The monoisotopic (exact) mass is 183 g/mol. The van der Waals surface area contributed by atoms with Crippen molar-refractivity contribution in [2.75, 3.05) is 5.75 Å². The Bertz CT molecular complexity index is 397. The molecule has 0 spiro atoms. The number of pyridine rings is 1. The summed E-state index contributed by atoms with van der Waals surface area (Å²) >= 11 is 0. The van der Waals surface area contributed by atoms with Crippen molar-refractivity contribution in [2.45, 2.75) is 17.9 Å². The topological polar surface area (TPSA) is 47.0 Å². The Morgan fingerprint density at radius 3 is 3.00 bits per heavy atom. The van der Waals surface area contributed by atoms with Crippen LogP contribution in [0.15, 0.2) is 23.4 Å². The van der Waals surface area contributed by atoms with Gasteiger partial charge in [0.25, 0.3) is 0 Å². The molecule has 12 heavy (non-hydrogen) atoms. The van der Waals surface area contributed by atoms with Crippen LogP contribution in [0.4, 0.5) is 0 Å². The van der Waals surface area contributed by atoms with Gasteiger partial charge < -0.3 is 0 Å². The van der Waals surface area contributed by atoms with Gasteiger partial charge in [-0.2, -0.15) is 0 Å². The number of hydrogen-bond donors (Lipinski definition) is 0. The number of nitrogens with zero attached hydrogens (tertiary/aromatic N) is 1. The van der Waals surface area contributed by atoms with E-state index in [1.54, 1.807) is 6.07 Å². The number of sulfone groups is 1. The molecule has 2 rings (SSSR count). The van der Waals surface area contributed by atoms with E-state index >= 15 is 0 Å². The highest BCUT2D eigenvalue weighted by Crippen LogP contribution is 2.21. The Morgan fingerprint density at radius 1 is 1.42 bits per heavy atom. The molecule has 0 atom stereocenters. The predicted molar refractivity (Wildman–Crippen MR) is 44.6 cm³/mol. The minimum absolute atomic E-state index is 0.247. The Balaban J connectivity index is 2.67. The smallest absolute Gasteiger partial charge is 0.195 e. The van der Waals surface area contributed by atoms with Gasteiger partial charge >= 0.3 is 0 Å². The fourth-order valence-electron chi connectivity index (χ4n) is 1.44. The van der Waals surface area contributed by atoms with E-state index in [0.717, 1.165) is 18.4 Å². The van der Waals surface area contributed by atoms with Gasteiger partial charge in [0, 0.05) is 6.20 Å². The lowest BCUT2D eigenvalue weighted by atomic mass is 10.2. The van der Waals surface area contributed by atoms with Crippen LogP contribution in [0.25, 0.3) is 0 Å². The Morgan fingerprint density at radius 2 is 2.25 bits per heavy atom. The molecule has 64 valence electrons. The van der Waals surface area contributed by atoms with Gasteiger partial charge in [-0.25, -0.2) is 13.4 Å². The second kappa shape index (κ2) is 2.55. The van der Waals surface area contributed by atoms with Gasteiger partial charge in [0.05, 0.1) is 5.75 Å². The minimum Gasteiger partial charge on any atom is -0.244 e. The molecule has 3 nitrogen and oxygen atoms in total. The maximum absolute atomic E-state index is 11.4.